The van der Waals surface area contributed by atoms with E-state index in [-0.39, 0.29) is 17.6 Å². The molecule has 6 nitrogen and oxygen atoms in total. The number of benzene rings is 3. The van der Waals surface area contributed by atoms with Crippen molar-refractivity contribution in [2.45, 2.75) is 6.54 Å². The average Bonchev–Trinajstić information content (AvgIpc) is 3.50. The van der Waals surface area contributed by atoms with Crippen LogP contribution in [-0.2, 0) is 6.54 Å². The first-order valence-electron chi connectivity index (χ1n) is 10.6. The van der Waals surface area contributed by atoms with Gasteiger partial charge in [-0.25, -0.2) is 0 Å². The minimum atomic E-state index is -0.331. The molecule has 0 aliphatic carbocycles. The van der Waals surface area contributed by atoms with Gasteiger partial charge in [0, 0.05) is 35.0 Å². The van der Waals surface area contributed by atoms with Gasteiger partial charge in [-0.3, -0.25) is 9.59 Å². The molecule has 2 aromatic heterocycles. The van der Waals surface area contributed by atoms with Gasteiger partial charge in [0.05, 0.1) is 11.8 Å². The van der Waals surface area contributed by atoms with Crippen molar-refractivity contribution >= 4 is 34.1 Å². The second-order valence-electron chi connectivity index (χ2n) is 7.64. The van der Waals surface area contributed by atoms with Crippen LogP contribution in [0.4, 0.5) is 11.4 Å². The van der Waals surface area contributed by atoms with Crippen LogP contribution in [0.2, 0.25) is 0 Å². The van der Waals surface area contributed by atoms with Crippen molar-refractivity contribution in [3.05, 3.63) is 120 Å². The molecule has 0 spiro atoms. The average molecular weight is 435 g/mol. The summed E-state index contributed by atoms with van der Waals surface area (Å²) in [6.45, 7) is 0.679. The summed E-state index contributed by atoms with van der Waals surface area (Å²) in [5.41, 5.74) is 4.02. The van der Waals surface area contributed by atoms with Crippen LogP contribution >= 0.6 is 0 Å². The Kier molecular flexibility index (Phi) is 5.47. The minimum absolute atomic E-state index is 0.189. The standard InChI is InChI=1S/C27H21N3O3/c31-26(28-20-12-14-21(15-13-20)29-27(32)25-11-6-16-33-25)23-18-30(17-19-7-2-1-3-8-19)24-10-5-4-9-22(23)24/h1-16,18H,17H2,(H,28,31)(H,29,32). The molecule has 6 heteroatoms. The molecule has 0 fully saturated rings. The molecule has 0 bridgehead atoms. The molecule has 2 amide bonds. The third kappa shape index (κ3) is 4.41. The van der Waals surface area contributed by atoms with Gasteiger partial charge in [-0.15, -0.1) is 0 Å². The van der Waals surface area contributed by atoms with E-state index in [4.69, 9.17) is 4.42 Å². The largest absolute Gasteiger partial charge is 0.459 e. The van der Waals surface area contributed by atoms with E-state index in [2.05, 4.69) is 27.3 Å². The number of aromatic nitrogens is 1. The summed E-state index contributed by atoms with van der Waals surface area (Å²) >= 11 is 0. The van der Waals surface area contributed by atoms with Gasteiger partial charge < -0.3 is 19.6 Å². The number of hydrogen-bond acceptors (Lipinski definition) is 3. The first kappa shape index (κ1) is 20.3. The van der Waals surface area contributed by atoms with E-state index in [1.165, 1.54) is 6.26 Å². The molecular weight excluding hydrogens is 414 g/mol. The summed E-state index contributed by atoms with van der Waals surface area (Å²) in [6.07, 6.45) is 3.34. The fraction of sp³-hybridized carbons (Fsp3) is 0.0370. The number of nitrogens with zero attached hydrogens (tertiary/aromatic N) is 1. The second kappa shape index (κ2) is 8.88. The van der Waals surface area contributed by atoms with Gasteiger partial charge in [-0.1, -0.05) is 48.5 Å². The minimum Gasteiger partial charge on any atom is -0.459 e. The fourth-order valence-electron chi connectivity index (χ4n) is 3.77. The molecule has 33 heavy (non-hydrogen) atoms. The number of carbonyl (C=O) groups is 2. The molecule has 0 atom stereocenters. The molecule has 2 heterocycles. The monoisotopic (exact) mass is 435 g/mol. The molecule has 0 radical (unpaired) electrons. The van der Waals surface area contributed by atoms with E-state index < -0.39 is 0 Å². The highest BCUT2D eigenvalue weighted by Gasteiger charge is 2.15. The number of hydrogen-bond donors (Lipinski definition) is 2. The van der Waals surface area contributed by atoms with Gasteiger partial charge in [-0.2, -0.15) is 0 Å². The molecule has 0 saturated carbocycles. The van der Waals surface area contributed by atoms with E-state index in [9.17, 15) is 9.59 Å². The van der Waals surface area contributed by atoms with Crippen LogP contribution in [0, 0.1) is 0 Å². The third-order valence-corrected chi connectivity index (χ3v) is 5.37. The highest BCUT2D eigenvalue weighted by Crippen LogP contribution is 2.24. The number of carbonyl (C=O) groups excluding carboxylic acids is 2. The summed E-state index contributed by atoms with van der Waals surface area (Å²) in [6, 6.07) is 28.2. The quantitative estimate of drug-likeness (QED) is 0.355. The Morgan fingerprint density at radius 3 is 2.09 bits per heavy atom. The summed E-state index contributed by atoms with van der Waals surface area (Å²) in [5.74, 6) is -0.285. The third-order valence-electron chi connectivity index (χ3n) is 5.37. The molecular formula is C27H21N3O3. The summed E-state index contributed by atoms with van der Waals surface area (Å²) in [5, 5.41) is 6.61. The molecule has 0 aliphatic heterocycles. The summed E-state index contributed by atoms with van der Waals surface area (Å²) in [7, 11) is 0. The molecule has 162 valence electrons. The number of furan rings is 1. The van der Waals surface area contributed by atoms with Crippen LogP contribution in [0.25, 0.3) is 10.9 Å². The highest BCUT2D eigenvalue weighted by molar-refractivity contribution is 6.13. The molecule has 0 unspecified atom stereocenters. The maximum absolute atomic E-state index is 13.1. The van der Waals surface area contributed by atoms with E-state index in [0.29, 0.717) is 23.5 Å². The van der Waals surface area contributed by atoms with Crippen molar-refractivity contribution in [1.29, 1.82) is 0 Å². The Bertz CT molecular complexity index is 1400. The predicted molar refractivity (Wildman–Crippen MR) is 129 cm³/mol. The number of rotatable bonds is 6. The number of amides is 2. The van der Waals surface area contributed by atoms with E-state index >= 15 is 0 Å². The molecule has 0 saturated heterocycles. The lowest BCUT2D eigenvalue weighted by atomic mass is 10.1. The van der Waals surface area contributed by atoms with Gasteiger partial charge in [-0.05, 0) is 48.0 Å². The van der Waals surface area contributed by atoms with E-state index in [1.54, 1.807) is 36.4 Å². The molecule has 2 N–H and O–H groups in total. The van der Waals surface area contributed by atoms with Crippen LogP contribution in [0.1, 0.15) is 26.5 Å². The highest BCUT2D eigenvalue weighted by atomic mass is 16.3. The van der Waals surface area contributed by atoms with Crippen molar-refractivity contribution < 1.29 is 14.0 Å². The SMILES string of the molecule is O=C(Nc1ccc(NC(=O)c2cn(Cc3ccccc3)c3ccccc23)cc1)c1ccco1. The summed E-state index contributed by atoms with van der Waals surface area (Å²) in [4.78, 5) is 25.2. The first-order valence-corrected chi connectivity index (χ1v) is 10.6. The predicted octanol–water partition coefficient (Wildman–Crippen LogP) is 5.79. The van der Waals surface area contributed by atoms with Crippen LogP contribution in [0.15, 0.2) is 108 Å². The Hall–Kier alpha value is -4.58. The van der Waals surface area contributed by atoms with Crippen LogP contribution in [0.3, 0.4) is 0 Å². The zero-order valence-electron chi connectivity index (χ0n) is 17.7. The van der Waals surface area contributed by atoms with Gasteiger partial charge in [0.25, 0.3) is 11.8 Å². The van der Waals surface area contributed by atoms with Gasteiger partial charge in [0.1, 0.15) is 0 Å². The lowest BCUT2D eigenvalue weighted by Gasteiger charge is -2.07. The lowest BCUT2D eigenvalue weighted by Crippen LogP contribution is -2.12. The Morgan fingerprint density at radius 2 is 1.39 bits per heavy atom. The molecule has 0 aliphatic rings. The molecule has 3 aromatic carbocycles. The Balaban J connectivity index is 1.33. The maximum atomic E-state index is 13.1. The van der Waals surface area contributed by atoms with Crippen molar-refractivity contribution in [1.82, 2.24) is 4.57 Å². The van der Waals surface area contributed by atoms with Gasteiger partial charge in [0.15, 0.2) is 5.76 Å². The number of fused-ring (bicyclic) bond motifs is 1. The maximum Gasteiger partial charge on any atom is 0.291 e. The van der Waals surface area contributed by atoms with Crippen molar-refractivity contribution in [3.63, 3.8) is 0 Å². The first-order chi connectivity index (χ1) is 16.2. The van der Waals surface area contributed by atoms with Crippen molar-refractivity contribution in [2.24, 2.45) is 0 Å². The molecule has 5 rings (SSSR count). The van der Waals surface area contributed by atoms with Crippen LogP contribution < -0.4 is 10.6 Å². The number of para-hydroxylation sites is 1. The smallest absolute Gasteiger partial charge is 0.291 e. The second-order valence-corrected chi connectivity index (χ2v) is 7.64. The number of anilines is 2. The van der Waals surface area contributed by atoms with Gasteiger partial charge in [0.2, 0.25) is 0 Å². The van der Waals surface area contributed by atoms with Crippen molar-refractivity contribution in [3.8, 4) is 0 Å². The van der Waals surface area contributed by atoms with Crippen molar-refractivity contribution in [2.75, 3.05) is 10.6 Å². The zero-order chi connectivity index (χ0) is 22.6. The van der Waals surface area contributed by atoms with Crippen LogP contribution in [-0.4, -0.2) is 16.4 Å². The number of nitrogens with one attached hydrogen (secondary N) is 2. The summed E-state index contributed by atoms with van der Waals surface area (Å²) < 4.78 is 7.19. The van der Waals surface area contributed by atoms with Gasteiger partial charge >= 0.3 is 0 Å². The topological polar surface area (TPSA) is 76.3 Å². The fourth-order valence-corrected chi connectivity index (χ4v) is 3.77. The zero-order valence-corrected chi connectivity index (χ0v) is 17.7. The van der Waals surface area contributed by atoms with E-state index in [1.807, 2.05) is 48.7 Å². The van der Waals surface area contributed by atoms with E-state index in [0.717, 1.165) is 16.5 Å². The normalized spacial score (nSPS) is 10.8. The molecule has 5 aromatic rings. The Morgan fingerprint density at radius 1 is 0.727 bits per heavy atom. The van der Waals surface area contributed by atoms with Crippen LogP contribution in [0.5, 0.6) is 0 Å². The Labute approximate surface area is 190 Å². The lowest BCUT2D eigenvalue weighted by molar-refractivity contribution is 0.0994.